The molecule has 3 aliphatic rings. The summed E-state index contributed by atoms with van der Waals surface area (Å²) in [4.78, 5) is 32.7. The fourth-order valence-corrected chi connectivity index (χ4v) is 6.84. The van der Waals surface area contributed by atoms with Gasteiger partial charge in [-0.1, -0.05) is 53.4 Å². The lowest BCUT2D eigenvalue weighted by Gasteiger charge is -2.38. The normalized spacial score (nSPS) is 19.7. The van der Waals surface area contributed by atoms with Crippen molar-refractivity contribution in [2.45, 2.75) is 92.3 Å². The second-order valence-electron chi connectivity index (χ2n) is 13.3. The first kappa shape index (κ1) is 34.6. The monoisotopic (exact) mass is 629 g/mol. The first-order chi connectivity index (χ1) is 21.4. The van der Waals surface area contributed by atoms with Crippen molar-refractivity contribution in [2.24, 2.45) is 17.3 Å². The molecule has 3 heterocycles. The molecule has 0 saturated carbocycles. The Labute approximate surface area is 266 Å². The molecule has 1 spiro atoms. The molecule has 6 nitrogen and oxygen atoms in total. The molecule has 1 atom stereocenters. The van der Waals surface area contributed by atoms with Gasteiger partial charge in [0.1, 0.15) is 5.75 Å². The van der Waals surface area contributed by atoms with Crippen molar-refractivity contribution in [3.05, 3.63) is 53.6 Å². The summed E-state index contributed by atoms with van der Waals surface area (Å²) in [5.74, 6) is 0.898. The van der Waals surface area contributed by atoms with Gasteiger partial charge >= 0.3 is 6.36 Å². The van der Waals surface area contributed by atoms with Gasteiger partial charge < -0.3 is 19.4 Å². The van der Waals surface area contributed by atoms with Crippen LogP contribution in [0.5, 0.6) is 5.75 Å². The van der Waals surface area contributed by atoms with Crippen LogP contribution in [-0.4, -0.2) is 55.8 Å². The minimum absolute atomic E-state index is 0.125. The van der Waals surface area contributed by atoms with E-state index in [1.165, 1.54) is 49.9 Å². The molecule has 3 fully saturated rings. The van der Waals surface area contributed by atoms with E-state index in [1.54, 1.807) is 4.90 Å². The molecule has 0 radical (unpaired) electrons. The van der Waals surface area contributed by atoms with Gasteiger partial charge in [-0.2, -0.15) is 0 Å². The predicted octanol–water partition coefficient (Wildman–Crippen LogP) is 8.62. The van der Waals surface area contributed by atoms with Crippen LogP contribution in [0.15, 0.2) is 42.5 Å². The number of alkyl halides is 3. The lowest BCUT2D eigenvalue weighted by molar-refractivity contribution is -0.274. The van der Waals surface area contributed by atoms with Crippen LogP contribution in [0, 0.1) is 24.2 Å². The number of carbonyl (C=O) groups is 2. The second kappa shape index (κ2) is 14.9. The van der Waals surface area contributed by atoms with Gasteiger partial charge in [-0.15, -0.1) is 13.2 Å². The molecule has 9 heteroatoms. The van der Waals surface area contributed by atoms with Crippen LogP contribution in [0.25, 0.3) is 0 Å². The number of piperidine rings is 1. The van der Waals surface area contributed by atoms with Crippen molar-refractivity contribution >= 4 is 23.2 Å². The van der Waals surface area contributed by atoms with E-state index in [9.17, 15) is 22.8 Å². The zero-order valence-electron chi connectivity index (χ0n) is 27.6. The number of carbonyl (C=O) groups excluding carboxylic acids is 2. The summed E-state index contributed by atoms with van der Waals surface area (Å²) >= 11 is 0. The van der Waals surface area contributed by atoms with Gasteiger partial charge in [-0.25, -0.2) is 0 Å². The summed E-state index contributed by atoms with van der Waals surface area (Å²) in [5, 5.41) is 0. The Morgan fingerprint density at radius 3 is 2.11 bits per heavy atom. The summed E-state index contributed by atoms with van der Waals surface area (Å²) in [6.07, 6.45) is 3.87. The molecule has 45 heavy (non-hydrogen) atoms. The zero-order valence-corrected chi connectivity index (χ0v) is 27.6. The van der Waals surface area contributed by atoms with Crippen molar-refractivity contribution in [3.8, 4) is 5.75 Å². The Kier molecular flexibility index (Phi) is 11.5. The van der Waals surface area contributed by atoms with Gasteiger partial charge in [0.2, 0.25) is 5.91 Å². The van der Waals surface area contributed by atoms with E-state index < -0.39 is 11.8 Å². The van der Waals surface area contributed by atoms with Crippen LogP contribution >= 0.6 is 0 Å². The van der Waals surface area contributed by atoms with Crippen LogP contribution in [0.1, 0.15) is 95.0 Å². The fourth-order valence-electron chi connectivity index (χ4n) is 6.84. The van der Waals surface area contributed by atoms with E-state index in [0.29, 0.717) is 49.9 Å². The molecule has 0 bridgehead atoms. The van der Waals surface area contributed by atoms with Crippen LogP contribution in [0.3, 0.4) is 0 Å². The quantitative estimate of drug-likeness (QED) is 0.275. The average Bonchev–Trinajstić information content (AvgIpc) is 3.62. The summed E-state index contributed by atoms with van der Waals surface area (Å²) in [6.45, 7) is 14.8. The van der Waals surface area contributed by atoms with Gasteiger partial charge in [0, 0.05) is 49.7 Å². The SMILES string of the molecule is CCCCCC.Cc1cc(N2CCC(C(C)C)C2)ccc1N1CCC2(CCN(C(=O)c3ccc(OC(F)(F)F)cc3)CC2)C1=O. The fraction of sp³-hybridized carbons (Fsp3) is 0.611. The summed E-state index contributed by atoms with van der Waals surface area (Å²) in [5.41, 5.74) is 3.08. The van der Waals surface area contributed by atoms with E-state index >= 15 is 0 Å². The highest BCUT2D eigenvalue weighted by Gasteiger charge is 2.49. The minimum Gasteiger partial charge on any atom is -0.406 e. The number of anilines is 2. The number of ether oxygens (including phenoxy) is 1. The molecule has 2 aromatic carbocycles. The zero-order chi connectivity index (χ0) is 32.8. The molecule has 0 aromatic heterocycles. The highest BCUT2D eigenvalue weighted by Crippen LogP contribution is 2.44. The van der Waals surface area contributed by atoms with Crippen LogP contribution in [0.4, 0.5) is 24.5 Å². The van der Waals surface area contributed by atoms with Gasteiger partial charge in [0.05, 0.1) is 5.41 Å². The number of halogens is 3. The number of aryl methyl sites for hydroxylation is 1. The van der Waals surface area contributed by atoms with E-state index in [-0.39, 0.29) is 17.6 Å². The molecule has 0 aliphatic carbocycles. The Hall–Kier alpha value is -3.23. The maximum atomic E-state index is 13.7. The number of nitrogens with zero attached hydrogens (tertiary/aromatic N) is 3. The molecule has 0 N–H and O–H groups in total. The van der Waals surface area contributed by atoms with Crippen molar-refractivity contribution < 1.29 is 27.5 Å². The first-order valence-corrected chi connectivity index (χ1v) is 16.7. The summed E-state index contributed by atoms with van der Waals surface area (Å²) in [7, 11) is 0. The smallest absolute Gasteiger partial charge is 0.406 e. The van der Waals surface area contributed by atoms with E-state index in [0.717, 1.165) is 42.9 Å². The van der Waals surface area contributed by atoms with Gasteiger partial charge in [-0.05, 0) is 92.5 Å². The third-order valence-corrected chi connectivity index (χ3v) is 9.82. The molecule has 248 valence electrons. The molecular formula is C36H50F3N3O3. The van der Waals surface area contributed by atoms with Crippen LogP contribution in [-0.2, 0) is 4.79 Å². The topological polar surface area (TPSA) is 53.1 Å². The number of rotatable bonds is 8. The standard InChI is InChI=1S/C30H36F3N3O3.C6H14/c1-20(2)23-10-14-35(19-23)24-6-9-26(21(3)18-24)36-17-13-29(28(36)38)11-15-34(16-12-29)27(37)22-4-7-25(8-5-22)39-30(31,32)33;1-3-5-6-4-2/h4-9,18,20,23H,10-17,19H2,1-3H3;3-6H2,1-2H3. The van der Waals surface area contributed by atoms with E-state index in [4.69, 9.17) is 0 Å². The average molecular weight is 630 g/mol. The van der Waals surface area contributed by atoms with E-state index in [1.807, 2.05) is 4.90 Å². The Balaban J connectivity index is 0.000000700. The highest BCUT2D eigenvalue weighted by atomic mass is 19.4. The number of hydrogen-bond acceptors (Lipinski definition) is 4. The number of unbranched alkanes of at least 4 members (excludes halogenated alkanes) is 3. The lowest BCUT2D eigenvalue weighted by Crippen LogP contribution is -2.46. The molecule has 3 aliphatic heterocycles. The lowest BCUT2D eigenvalue weighted by atomic mass is 9.77. The Morgan fingerprint density at radius 1 is 0.956 bits per heavy atom. The first-order valence-electron chi connectivity index (χ1n) is 16.7. The second-order valence-corrected chi connectivity index (χ2v) is 13.3. The summed E-state index contributed by atoms with van der Waals surface area (Å²) < 4.78 is 41.1. The van der Waals surface area contributed by atoms with Gasteiger partial charge in [-0.3, -0.25) is 9.59 Å². The van der Waals surface area contributed by atoms with Crippen molar-refractivity contribution in [1.82, 2.24) is 4.90 Å². The number of likely N-dealkylation sites (tertiary alicyclic amines) is 1. The van der Waals surface area contributed by atoms with Crippen molar-refractivity contribution in [2.75, 3.05) is 42.5 Å². The minimum atomic E-state index is -4.78. The number of hydrogen-bond donors (Lipinski definition) is 0. The highest BCUT2D eigenvalue weighted by molar-refractivity contribution is 6.01. The van der Waals surface area contributed by atoms with Crippen molar-refractivity contribution in [3.63, 3.8) is 0 Å². The van der Waals surface area contributed by atoms with Crippen LogP contribution in [0.2, 0.25) is 0 Å². The molecular weight excluding hydrogens is 579 g/mol. The summed E-state index contributed by atoms with van der Waals surface area (Å²) in [6, 6.07) is 11.4. The van der Waals surface area contributed by atoms with Crippen molar-refractivity contribution in [1.29, 1.82) is 0 Å². The molecule has 2 aromatic rings. The molecule has 2 amide bonds. The third kappa shape index (κ3) is 8.53. The third-order valence-electron chi connectivity index (χ3n) is 9.82. The molecule has 5 rings (SSSR count). The van der Waals surface area contributed by atoms with Crippen LogP contribution < -0.4 is 14.5 Å². The number of amides is 2. The molecule has 1 unspecified atom stereocenters. The van der Waals surface area contributed by atoms with E-state index in [2.05, 4.69) is 62.5 Å². The number of benzene rings is 2. The van der Waals surface area contributed by atoms with Gasteiger partial charge in [0.25, 0.3) is 5.91 Å². The maximum Gasteiger partial charge on any atom is 0.573 e. The Bertz CT molecular complexity index is 1280. The predicted molar refractivity (Wildman–Crippen MR) is 174 cm³/mol. The van der Waals surface area contributed by atoms with Gasteiger partial charge in [0.15, 0.2) is 0 Å². The Morgan fingerprint density at radius 2 is 1.58 bits per heavy atom. The molecule has 3 saturated heterocycles. The largest absolute Gasteiger partial charge is 0.573 e. The maximum absolute atomic E-state index is 13.7.